The second-order valence-electron chi connectivity index (χ2n) is 1.54. The standard InChI is InChI=1S/C5H12NO2/c1-2-6-3-5(8)4-7/h5-8H,1-4H2. The largest absolute Gasteiger partial charge is 0.394 e. The highest BCUT2D eigenvalue weighted by molar-refractivity contribution is 4.56. The van der Waals surface area contributed by atoms with E-state index in [1.54, 1.807) is 0 Å². The predicted molar refractivity (Wildman–Crippen MR) is 31.3 cm³/mol. The van der Waals surface area contributed by atoms with Gasteiger partial charge in [0.15, 0.2) is 0 Å². The lowest BCUT2D eigenvalue weighted by Gasteiger charge is -2.05. The maximum atomic E-state index is 8.65. The molecule has 8 heavy (non-hydrogen) atoms. The zero-order valence-electron chi connectivity index (χ0n) is 4.80. The summed E-state index contributed by atoms with van der Waals surface area (Å²) in [6, 6.07) is 0. The van der Waals surface area contributed by atoms with Crippen molar-refractivity contribution in [3.8, 4) is 0 Å². The van der Waals surface area contributed by atoms with E-state index in [-0.39, 0.29) is 6.61 Å². The molecule has 0 saturated heterocycles. The van der Waals surface area contributed by atoms with Crippen LogP contribution >= 0.6 is 0 Å². The van der Waals surface area contributed by atoms with Gasteiger partial charge < -0.3 is 15.5 Å². The van der Waals surface area contributed by atoms with Gasteiger partial charge in [0.25, 0.3) is 0 Å². The Hall–Kier alpha value is -0.120. The van der Waals surface area contributed by atoms with Crippen molar-refractivity contribution in [2.45, 2.75) is 6.10 Å². The van der Waals surface area contributed by atoms with Gasteiger partial charge in [-0.15, -0.1) is 0 Å². The topological polar surface area (TPSA) is 52.5 Å². The molecule has 0 rings (SSSR count). The third-order valence-electron chi connectivity index (χ3n) is 0.767. The molecular formula is C5H12NO2. The first kappa shape index (κ1) is 7.88. The minimum Gasteiger partial charge on any atom is -0.394 e. The first-order valence-corrected chi connectivity index (χ1v) is 2.60. The van der Waals surface area contributed by atoms with Gasteiger partial charge in [0, 0.05) is 6.54 Å². The van der Waals surface area contributed by atoms with Crippen LogP contribution in [0.1, 0.15) is 0 Å². The van der Waals surface area contributed by atoms with Crippen molar-refractivity contribution in [2.75, 3.05) is 19.7 Å². The van der Waals surface area contributed by atoms with Gasteiger partial charge in [0.1, 0.15) is 0 Å². The van der Waals surface area contributed by atoms with E-state index in [1.807, 2.05) is 0 Å². The first-order valence-electron chi connectivity index (χ1n) is 2.60. The molecule has 3 heteroatoms. The lowest BCUT2D eigenvalue weighted by molar-refractivity contribution is 0.0953. The maximum Gasteiger partial charge on any atom is 0.0894 e. The van der Waals surface area contributed by atoms with Crippen LogP contribution in [-0.2, 0) is 0 Å². The van der Waals surface area contributed by atoms with Crippen molar-refractivity contribution in [1.29, 1.82) is 0 Å². The molecule has 0 aromatic rings. The summed E-state index contributed by atoms with van der Waals surface area (Å²) in [6.45, 7) is 4.30. The second kappa shape index (κ2) is 5.03. The minimum atomic E-state index is -0.642. The van der Waals surface area contributed by atoms with Crippen molar-refractivity contribution in [3.63, 3.8) is 0 Å². The Labute approximate surface area is 49.3 Å². The van der Waals surface area contributed by atoms with Crippen LogP contribution in [0.15, 0.2) is 0 Å². The number of nitrogens with one attached hydrogen (secondary N) is 1. The van der Waals surface area contributed by atoms with Crippen LogP contribution in [0.2, 0.25) is 0 Å². The Morgan fingerprint density at radius 1 is 1.62 bits per heavy atom. The molecule has 3 nitrogen and oxygen atoms in total. The number of aliphatic hydroxyl groups excluding tert-OH is 2. The SMILES string of the molecule is [CH2]CNCC(O)CO. The molecule has 1 radical (unpaired) electrons. The lowest BCUT2D eigenvalue weighted by atomic mass is 10.4. The minimum absolute atomic E-state index is 0.188. The van der Waals surface area contributed by atoms with E-state index in [0.29, 0.717) is 13.1 Å². The molecule has 0 heterocycles. The average molecular weight is 118 g/mol. The second-order valence-corrected chi connectivity index (χ2v) is 1.54. The zero-order chi connectivity index (χ0) is 6.41. The highest BCUT2D eigenvalue weighted by atomic mass is 16.3. The van der Waals surface area contributed by atoms with Gasteiger partial charge in [0.05, 0.1) is 12.7 Å². The number of hydrogen-bond acceptors (Lipinski definition) is 3. The first-order chi connectivity index (χ1) is 3.81. The molecule has 0 spiro atoms. The van der Waals surface area contributed by atoms with Crippen LogP contribution in [0.3, 0.4) is 0 Å². The van der Waals surface area contributed by atoms with Crippen molar-refractivity contribution < 1.29 is 10.2 Å². The molecule has 1 unspecified atom stereocenters. The summed E-state index contributed by atoms with van der Waals surface area (Å²) in [5.41, 5.74) is 0. The molecule has 0 aliphatic rings. The molecule has 0 bridgehead atoms. The molecule has 0 aliphatic carbocycles. The summed E-state index contributed by atoms with van der Waals surface area (Å²) in [5.74, 6) is 0. The zero-order valence-corrected chi connectivity index (χ0v) is 4.80. The fraction of sp³-hybridized carbons (Fsp3) is 0.800. The van der Waals surface area contributed by atoms with Crippen LogP contribution in [-0.4, -0.2) is 36.0 Å². The number of aliphatic hydroxyl groups is 2. The van der Waals surface area contributed by atoms with Crippen molar-refractivity contribution in [1.82, 2.24) is 5.32 Å². The molecular weight excluding hydrogens is 106 g/mol. The third kappa shape index (κ3) is 4.05. The summed E-state index contributed by atoms with van der Waals surface area (Å²) in [4.78, 5) is 0. The number of hydrogen-bond donors (Lipinski definition) is 3. The molecule has 0 aromatic heterocycles. The Morgan fingerprint density at radius 2 is 2.25 bits per heavy atom. The molecule has 0 saturated carbocycles. The highest BCUT2D eigenvalue weighted by Gasteiger charge is 1.96. The molecule has 0 aromatic carbocycles. The van der Waals surface area contributed by atoms with Crippen molar-refractivity contribution in [2.24, 2.45) is 0 Å². The van der Waals surface area contributed by atoms with Crippen LogP contribution in [0.4, 0.5) is 0 Å². The van der Waals surface area contributed by atoms with Crippen molar-refractivity contribution in [3.05, 3.63) is 6.92 Å². The van der Waals surface area contributed by atoms with E-state index in [9.17, 15) is 0 Å². The van der Waals surface area contributed by atoms with Crippen LogP contribution in [0, 0.1) is 6.92 Å². The highest BCUT2D eigenvalue weighted by Crippen LogP contribution is 1.73. The van der Waals surface area contributed by atoms with Gasteiger partial charge in [0.2, 0.25) is 0 Å². The summed E-state index contributed by atoms with van der Waals surface area (Å²) in [5, 5.41) is 19.7. The fourth-order valence-corrected chi connectivity index (χ4v) is 0.333. The number of rotatable bonds is 4. The third-order valence-corrected chi connectivity index (χ3v) is 0.767. The summed E-state index contributed by atoms with van der Waals surface area (Å²) >= 11 is 0. The van der Waals surface area contributed by atoms with E-state index < -0.39 is 6.10 Å². The molecule has 0 aliphatic heterocycles. The lowest BCUT2D eigenvalue weighted by Crippen LogP contribution is -2.28. The van der Waals surface area contributed by atoms with Gasteiger partial charge in [-0.25, -0.2) is 0 Å². The monoisotopic (exact) mass is 118 g/mol. The van der Waals surface area contributed by atoms with E-state index in [0.717, 1.165) is 0 Å². The van der Waals surface area contributed by atoms with Gasteiger partial charge in [-0.2, -0.15) is 0 Å². The van der Waals surface area contributed by atoms with Gasteiger partial charge in [-0.05, 0) is 13.5 Å². The van der Waals surface area contributed by atoms with Gasteiger partial charge in [-0.1, -0.05) is 0 Å². The average Bonchev–Trinajstić information content (AvgIpc) is 1.83. The van der Waals surface area contributed by atoms with E-state index in [4.69, 9.17) is 10.2 Å². The van der Waals surface area contributed by atoms with Gasteiger partial charge >= 0.3 is 0 Å². The molecule has 3 N–H and O–H groups in total. The predicted octanol–water partition coefficient (Wildman–Crippen LogP) is -1.24. The fourth-order valence-electron chi connectivity index (χ4n) is 0.333. The summed E-state index contributed by atoms with van der Waals surface area (Å²) < 4.78 is 0. The van der Waals surface area contributed by atoms with E-state index >= 15 is 0 Å². The molecule has 0 amide bonds. The smallest absolute Gasteiger partial charge is 0.0894 e. The van der Waals surface area contributed by atoms with Crippen molar-refractivity contribution >= 4 is 0 Å². The Balaban J connectivity index is 2.86. The normalized spacial score (nSPS) is 13.9. The summed E-state index contributed by atoms with van der Waals surface area (Å²) in [6.07, 6.45) is -0.642. The Bertz CT molecular complexity index is 49.7. The van der Waals surface area contributed by atoms with E-state index in [1.165, 1.54) is 0 Å². The quantitative estimate of drug-likeness (QED) is 0.433. The maximum absolute atomic E-state index is 8.65. The van der Waals surface area contributed by atoms with Crippen LogP contribution in [0.5, 0.6) is 0 Å². The van der Waals surface area contributed by atoms with E-state index in [2.05, 4.69) is 12.2 Å². The molecule has 0 fully saturated rings. The molecule has 1 atom stereocenters. The van der Waals surface area contributed by atoms with Crippen LogP contribution in [0.25, 0.3) is 0 Å². The van der Waals surface area contributed by atoms with Crippen LogP contribution < -0.4 is 5.32 Å². The Kier molecular flexibility index (Phi) is 4.95. The summed E-state index contributed by atoms with van der Waals surface area (Å²) in [7, 11) is 0. The Morgan fingerprint density at radius 3 is 2.62 bits per heavy atom. The van der Waals surface area contributed by atoms with Gasteiger partial charge in [-0.3, -0.25) is 0 Å². The molecule has 49 valence electrons.